The number of rotatable bonds is 3. The summed E-state index contributed by atoms with van der Waals surface area (Å²) in [5.41, 5.74) is 2.61. The summed E-state index contributed by atoms with van der Waals surface area (Å²) in [5.74, 6) is -0.900. The lowest BCUT2D eigenvalue weighted by molar-refractivity contribution is -0.139. The van der Waals surface area contributed by atoms with Crippen LogP contribution in [0.1, 0.15) is 29.7 Å². The summed E-state index contributed by atoms with van der Waals surface area (Å²) in [5, 5.41) is 2.84. The van der Waals surface area contributed by atoms with Gasteiger partial charge in [-0.3, -0.25) is 9.59 Å². The Morgan fingerprint density at radius 2 is 2.04 bits per heavy atom. The molecule has 0 saturated heterocycles. The Kier molecular flexibility index (Phi) is 5.04. The number of hydrogen-bond donors (Lipinski definition) is 1. The summed E-state index contributed by atoms with van der Waals surface area (Å²) in [4.78, 5) is 26.3. The van der Waals surface area contributed by atoms with Gasteiger partial charge in [-0.15, -0.1) is 0 Å². The van der Waals surface area contributed by atoms with E-state index in [-0.39, 0.29) is 23.4 Å². The van der Waals surface area contributed by atoms with Crippen LogP contribution >= 0.6 is 11.6 Å². The number of carbonyl (C=O) groups excluding carboxylic acids is 2. The Hall–Kier alpha value is -2.40. The highest BCUT2D eigenvalue weighted by Crippen LogP contribution is 2.30. The minimum absolute atomic E-state index is 0.0140. The first-order chi connectivity index (χ1) is 12.0. The van der Waals surface area contributed by atoms with Crippen molar-refractivity contribution in [3.05, 3.63) is 70.0 Å². The molecular formula is C19H18ClFN2O2. The van der Waals surface area contributed by atoms with E-state index >= 15 is 0 Å². The SMILES string of the molecule is CC(=O)N1CCc2ccccc2[C@H]1C(=O)NCc1ccc(F)c(Cl)c1. The van der Waals surface area contributed by atoms with Crippen molar-refractivity contribution in [1.82, 2.24) is 10.2 Å². The molecule has 0 aromatic heterocycles. The summed E-state index contributed by atoms with van der Waals surface area (Å²) < 4.78 is 13.2. The van der Waals surface area contributed by atoms with Crippen LogP contribution in [0.2, 0.25) is 5.02 Å². The predicted octanol–water partition coefficient (Wildman–Crippen LogP) is 3.24. The number of halogens is 2. The van der Waals surface area contributed by atoms with Gasteiger partial charge in [-0.05, 0) is 35.2 Å². The predicted molar refractivity (Wildman–Crippen MR) is 93.5 cm³/mol. The quantitative estimate of drug-likeness (QED) is 0.913. The molecule has 4 nitrogen and oxygen atoms in total. The monoisotopic (exact) mass is 360 g/mol. The standard InChI is InChI=1S/C19H18ClFN2O2/c1-12(24)23-9-8-14-4-2-3-5-15(14)18(23)19(25)22-11-13-6-7-17(21)16(20)10-13/h2-7,10,18H,8-9,11H2,1H3,(H,22,25)/t18-/m0/s1. The van der Waals surface area contributed by atoms with Crippen LogP contribution in [0, 0.1) is 5.82 Å². The lowest BCUT2D eigenvalue weighted by Crippen LogP contribution is -2.46. The molecule has 6 heteroatoms. The summed E-state index contributed by atoms with van der Waals surface area (Å²) >= 11 is 5.77. The summed E-state index contributed by atoms with van der Waals surface area (Å²) in [6, 6.07) is 11.3. The second-order valence-corrected chi connectivity index (χ2v) is 6.44. The highest BCUT2D eigenvalue weighted by molar-refractivity contribution is 6.30. The summed E-state index contributed by atoms with van der Waals surface area (Å²) in [7, 11) is 0. The van der Waals surface area contributed by atoms with Crippen molar-refractivity contribution in [2.24, 2.45) is 0 Å². The largest absolute Gasteiger partial charge is 0.350 e. The topological polar surface area (TPSA) is 49.4 Å². The fraction of sp³-hybridized carbons (Fsp3) is 0.263. The number of nitrogens with zero attached hydrogens (tertiary/aromatic N) is 1. The van der Waals surface area contributed by atoms with Crippen LogP contribution < -0.4 is 5.32 Å². The molecule has 0 fully saturated rings. The minimum Gasteiger partial charge on any atom is -0.350 e. The third-order valence-corrected chi connectivity index (χ3v) is 4.68. The number of benzene rings is 2. The number of fused-ring (bicyclic) bond motifs is 1. The first-order valence-corrected chi connectivity index (χ1v) is 8.42. The van der Waals surface area contributed by atoms with Crippen molar-refractivity contribution in [3.63, 3.8) is 0 Å². The number of carbonyl (C=O) groups is 2. The molecule has 0 spiro atoms. The van der Waals surface area contributed by atoms with Gasteiger partial charge in [-0.25, -0.2) is 4.39 Å². The van der Waals surface area contributed by atoms with Crippen molar-refractivity contribution in [2.45, 2.75) is 25.9 Å². The lowest BCUT2D eigenvalue weighted by atomic mass is 9.92. The van der Waals surface area contributed by atoms with Gasteiger partial charge in [0.15, 0.2) is 0 Å². The lowest BCUT2D eigenvalue weighted by Gasteiger charge is -2.35. The molecule has 25 heavy (non-hydrogen) atoms. The smallest absolute Gasteiger partial charge is 0.247 e. The van der Waals surface area contributed by atoms with Crippen molar-refractivity contribution in [1.29, 1.82) is 0 Å². The fourth-order valence-electron chi connectivity index (χ4n) is 3.12. The van der Waals surface area contributed by atoms with E-state index in [2.05, 4.69) is 5.32 Å². The average molecular weight is 361 g/mol. The van der Waals surface area contributed by atoms with Crippen LogP contribution in [-0.4, -0.2) is 23.3 Å². The molecule has 2 aromatic rings. The Morgan fingerprint density at radius 1 is 1.28 bits per heavy atom. The van der Waals surface area contributed by atoms with Gasteiger partial charge in [0.2, 0.25) is 11.8 Å². The van der Waals surface area contributed by atoms with Gasteiger partial charge in [0.25, 0.3) is 0 Å². The summed E-state index contributed by atoms with van der Waals surface area (Å²) in [6.07, 6.45) is 0.729. The van der Waals surface area contributed by atoms with Crippen LogP contribution in [0.25, 0.3) is 0 Å². The van der Waals surface area contributed by atoms with Crippen LogP contribution in [0.15, 0.2) is 42.5 Å². The van der Waals surface area contributed by atoms with Gasteiger partial charge < -0.3 is 10.2 Å². The molecule has 1 N–H and O–H groups in total. The van der Waals surface area contributed by atoms with Gasteiger partial charge in [0.1, 0.15) is 11.9 Å². The maximum atomic E-state index is 13.2. The molecule has 0 radical (unpaired) electrons. The molecule has 0 saturated carbocycles. The van der Waals surface area contributed by atoms with Crippen LogP contribution in [0.5, 0.6) is 0 Å². The third-order valence-electron chi connectivity index (χ3n) is 4.39. The molecule has 2 aromatic carbocycles. The van der Waals surface area contributed by atoms with E-state index in [1.807, 2.05) is 24.3 Å². The molecular weight excluding hydrogens is 343 g/mol. The molecule has 1 atom stereocenters. The van der Waals surface area contributed by atoms with Gasteiger partial charge in [0.05, 0.1) is 5.02 Å². The highest BCUT2D eigenvalue weighted by atomic mass is 35.5. The zero-order valence-electron chi connectivity index (χ0n) is 13.8. The average Bonchev–Trinajstić information content (AvgIpc) is 2.61. The van der Waals surface area contributed by atoms with Gasteiger partial charge >= 0.3 is 0 Å². The zero-order chi connectivity index (χ0) is 18.0. The molecule has 1 aliphatic heterocycles. The molecule has 0 unspecified atom stereocenters. The molecule has 1 heterocycles. The third kappa shape index (κ3) is 3.66. The fourth-order valence-corrected chi connectivity index (χ4v) is 3.33. The van der Waals surface area contributed by atoms with Crippen molar-refractivity contribution < 1.29 is 14.0 Å². The molecule has 3 rings (SSSR count). The first-order valence-electron chi connectivity index (χ1n) is 8.04. The van der Waals surface area contributed by atoms with Crippen LogP contribution in [0.4, 0.5) is 4.39 Å². The maximum absolute atomic E-state index is 13.2. The zero-order valence-corrected chi connectivity index (χ0v) is 14.5. The Balaban J connectivity index is 1.81. The number of amides is 2. The normalized spacial score (nSPS) is 16.3. The second-order valence-electron chi connectivity index (χ2n) is 6.03. The maximum Gasteiger partial charge on any atom is 0.247 e. The number of hydrogen-bond acceptors (Lipinski definition) is 2. The van der Waals surface area contributed by atoms with E-state index in [0.29, 0.717) is 12.1 Å². The van der Waals surface area contributed by atoms with Crippen LogP contribution in [0.3, 0.4) is 0 Å². The molecule has 2 amide bonds. The second kappa shape index (κ2) is 7.23. The Labute approximate surface area is 150 Å². The van der Waals surface area contributed by atoms with Gasteiger partial charge in [0, 0.05) is 20.0 Å². The molecule has 130 valence electrons. The van der Waals surface area contributed by atoms with Crippen molar-refractivity contribution >= 4 is 23.4 Å². The molecule has 0 aliphatic carbocycles. The van der Waals surface area contributed by atoms with E-state index in [1.54, 1.807) is 11.0 Å². The molecule has 1 aliphatic rings. The van der Waals surface area contributed by atoms with Gasteiger partial charge in [-0.2, -0.15) is 0 Å². The summed E-state index contributed by atoms with van der Waals surface area (Å²) in [6.45, 7) is 2.18. The Bertz CT molecular complexity index is 825. The van der Waals surface area contributed by atoms with E-state index in [1.165, 1.54) is 19.1 Å². The molecule has 0 bridgehead atoms. The first kappa shape index (κ1) is 17.4. The number of nitrogens with one attached hydrogen (secondary N) is 1. The Morgan fingerprint density at radius 3 is 2.76 bits per heavy atom. The van der Waals surface area contributed by atoms with E-state index in [0.717, 1.165) is 17.5 Å². The van der Waals surface area contributed by atoms with Gasteiger partial charge in [-0.1, -0.05) is 41.9 Å². The van der Waals surface area contributed by atoms with Crippen molar-refractivity contribution in [2.75, 3.05) is 6.54 Å². The van der Waals surface area contributed by atoms with Crippen LogP contribution in [-0.2, 0) is 22.6 Å². The highest BCUT2D eigenvalue weighted by Gasteiger charge is 2.34. The van der Waals surface area contributed by atoms with E-state index in [9.17, 15) is 14.0 Å². The van der Waals surface area contributed by atoms with Crippen molar-refractivity contribution in [3.8, 4) is 0 Å². The van der Waals surface area contributed by atoms with E-state index < -0.39 is 11.9 Å². The van der Waals surface area contributed by atoms with E-state index in [4.69, 9.17) is 11.6 Å². The minimum atomic E-state index is -0.654.